The normalized spacial score (nSPS) is 10.4. The fourth-order valence-corrected chi connectivity index (χ4v) is 1.55. The van der Waals surface area contributed by atoms with Crippen molar-refractivity contribution in [1.29, 1.82) is 0 Å². The maximum Gasteiger partial charge on any atom is 0.323 e. The topological polar surface area (TPSA) is 83.7 Å². The van der Waals surface area contributed by atoms with Crippen LogP contribution in [0.4, 0.5) is 15.8 Å². The fraction of sp³-hybridized carbons (Fsp3) is 0.364. The summed E-state index contributed by atoms with van der Waals surface area (Å²) in [6.45, 7) is 3.09. The van der Waals surface area contributed by atoms with Gasteiger partial charge < -0.3 is 10.0 Å². The van der Waals surface area contributed by atoms with E-state index in [1.54, 1.807) is 13.8 Å². The summed E-state index contributed by atoms with van der Waals surface area (Å²) in [7, 11) is 0. The summed E-state index contributed by atoms with van der Waals surface area (Å²) in [6.07, 6.45) is 0. The zero-order valence-corrected chi connectivity index (χ0v) is 9.96. The highest BCUT2D eigenvalue weighted by Crippen LogP contribution is 2.24. The standard InChI is InChI=1S/C11H13FN2O4/c1-7(2)13(6-11(15)16)9-3-8(12)4-10(5-9)14(17)18/h3-5,7H,6H2,1-2H3,(H,15,16). The average Bonchev–Trinajstić information content (AvgIpc) is 2.24. The molecular formula is C11H13FN2O4. The summed E-state index contributed by atoms with van der Waals surface area (Å²) in [5.41, 5.74) is -0.222. The smallest absolute Gasteiger partial charge is 0.323 e. The Hall–Kier alpha value is -2.18. The molecule has 0 fully saturated rings. The largest absolute Gasteiger partial charge is 0.480 e. The quantitative estimate of drug-likeness (QED) is 0.643. The third-order valence-corrected chi connectivity index (χ3v) is 2.34. The molecule has 0 saturated heterocycles. The number of nitrogens with zero attached hydrogens (tertiary/aromatic N) is 2. The molecule has 1 N–H and O–H groups in total. The third kappa shape index (κ3) is 3.41. The van der Waals surface area contributed by atoms with Crippen molar-refractivity contribution in [1.82, 2.24) is 0 Å². The van der Waals surface area contributed by atoms with Crippen molar-refractivity contribution in [3.63, 3.8) is 0 Å². The monoisotopic (exact) mass is 256 g/mol. The van der Waals surface area contributed by atoms with Gasteiger partial charge in [0.1, 0.15) is 12.4 Å². The number of carboxylic acid groups (broad SMARTS) is 1. The van der Waals surface area contributed by atoms with Crippen LogP contribution >= 0.6 is 0 Å². The number of benzene rings is 1. The van der Waals surface area contributed by atoms with E-state index >= 15 is 0 Å². The first kappa shape index (κ1) is 13.9. The lowest BCUT2D eigenvalue weighted by Gasteiger charge is -2.26. The van der Waals surface area contributed by atoms with Crippen LogP contribution in [-0.4, -0.2) is 28.6 Å². The molecule has 1 rings (SSSR count). The Morgan fingerprint density at radius 2 is 2.11 bits per heavy atom. The minimum atomic E-state index is -1.09. The Morgan fingerprint density at radius 3 is 2.56 bits per heavy atom. The first-order chi connectivity index (χ1) is 8.31. The molecule has 98 valence electrons. The predicted molar refractivity (Wildman–Crippen MR) is 63.2 cm³/mol. The van der Waals surface area contributed by atoms with Crippen LogP contribution in [0.1, 0.15) is 13.8 Å². The van der Waals surface area contributed by atoms with E-state index in [4.69, 9.17) is 5.11 Å². The van der Waals surface area contributed by atoms with Crippen molar-refractivity contribution in [2.45, 2.75) is 19.9 Å². The molecule has 1 aromatic carbocycles. The van der Waals surface area contributed by atoms with Gasteiger partial charge in [-0.15, -0.1) is 0 Å². The summed E-state index contributed by atoms with van der Waals surface area (Å²) in [5, 5.41) is 19.4. The molecule has 6 nitrogen and oxygen atoms in total. The number of carbonyl (C=O) groups is 1. The van der Waals surface area contributed by atoms with Gasteiger partial charge in [-0.1, -0.05) is 0 Å². The molecule has 0 aliphatic heterocycles. The maximum absolute atomic E-state index is 13.3. The van der Waals surface area contributed by atoms with E-state index in [0.29, 0.717) is 0 Å². The average molecular weight is 256 g/mol. The van der Waals surface area contributed by atoms with Gasteiger partial charge in [0, 0.05) is 17.8 Å². The zero-order valence-electron chi connectivity index (χ0n) is 9.96. The molecule has 0 atom stereocenters. The number of non-ortho nitro benzene ring substituents is 1. The Kier molecular flexibility index (Phi) is 4.19. The van der Waals surface area contributed by atoms with E-state index < -0.39 is 22.4 Å². The molecule has 7 heteroatoms. The van der Waals surface area contributed by atoms with Crippen molar-refractivity contribution in [3.05, 3.63) is 34.1 Å². The Balaban J connectivity index is 3.19. The number of carboxylic acids is 1. The number of nitro groups is 1. The molecule has 0 bridgehead atoms. The minimum Gasteiger partial charge on any atom is -0.480 e. The van der Waals surface area contributed by atoms with E-state index in [-0.39, 0.29) is 18.3 Å². The molecule has 18 heavy (non-hydrogen) atoms. The summed E-state index contributed by atoms with van der Waals surface area (Å²) >= 11 is 0. The van der Waals surface area contributed by atoms with E-state index in [2.05, 4.69) is 0 Å². The summed E-state index contributed by atoms with van der Waals surface area (Å²) in [4.78, 5) is 22.0. The molecular weight excluding hydrogens is 243 g/mol. The van der Waals surface area contributed by atoms with E-state index in [1.807, 2.05) is 0 Å². The molecule has 0 aromatic heterocycles. The molecule has 0 aliphatic rings. The first-order valence-electron chi connectivity index (χ1n) is 5.24. The molecule has 0 spiro atoms. The van der Waals surface area contributed by atoms with Crippen molar-refractivity contribution in [3.8, 4) is 0 Å². The van der Waals surface area contributed by atoms with Crippen LogP contribution in [0, 0.1) is 15.9 Å². The maximum atomic E-state index is 13.3. The lowest BCUT2D eigenvalue weighted by molar-refractivity contribution is -0.385. The van der Waals surface area contributed by atoms with Gasteiger partial charge in [-0.2, -0.15) is 0 Å². The van der Waals surface area contributed by atoms with Gasteiger partial charge in [-0.3, -0.25) is 14.9 Å². The van der Waals surface area contributed by atoms with Gasteiger partial charge in [0.05, 0.1) is 11.0 Å². The van der Waals surface area contributed by atoms with Crippen LogP contribution in [0.5, 0.6) is 0 Å². The highest BCUT2D eigenvalue weighted by Gasteiger charge is 2.18. The van der Waals surface area contributed by atoms with Crippen LogP contribution in [0.2, 0.25) is 0 Å². The summed E-state index contributed by atoms with van der Waals surface area (Å²) in [5.74, 6) is -1.86. The molecule has 0 unspecified atom stereocenters. The molecule has 0 aliphatic carbocycles. The minimum absolute atomic E-state index is 0.180. The Morgan fingerprint density at radius 1 is 1.50 bits per heavy atom. The number of hydrogen-bond donors (Lipinski definition) is 1. The second-order valence-corrected chi connectivity index (χ2v) is 4.04. The van der Waals surface area contributed by atoms with Gasteiger partial charge in [-0.25, -0.2) is 4.39 Å². The number of hydrogen-bond acceptors (Lipinski definition) is 4. The summed E-state index contributed by atoms with van der Waals surface area (Å²) < 4.78 is 13.3. The Bertz CT molecular complexity index is 476. The molecule has 0 saturated carbocycles. The number of halogens is 1. The molecule has 1 aromatic rings. The SMILES string of the molecule is CC(C)N(CC(=O)O)c1cc(F)cc([N+](=O)[O-])c1. The van der Waals surface area contributed by atoms with Gasteiger partial charge in [0.25, 0.3) is 5.69 Å². The fourth-order valence-electron chi connectivity index (χ4n) is 1.55. The molecule has 0 amide bonds. The van der Waals surface area contributed by atoms with Gasteiger partial charge in [-0.05, 0) is 19.9 Å². The van der Waals surface area contributed by atoms with Crippen molar-refractivity contribution >= 4 is 17.3 Å². The number of nitro benzene ring substituents is 1. The lowest BCUT2D eigenvalue weighted by atomic mass is 10.2. The van der Waals surface area contributed by atoms with E-state index in [1.165, 1.54) is 4.90 Å². The van der Waals surface area contributed by atoms with Crippen molar-refractivity contribution < 1.29 is 19.2 Å². The van der Waals surface area contributed by atoms with E-state index in [0.717, 1.165) is 18.2 Å². The van der Waals surface area contributed by atoms with Crippen LogP contribution in [-0.2, 0) is 4.79 Å². The zero-order chi connectivity index (χ0) is 13.9. The Labute approximate surface area is 103 Å². The first-order valence-corrected chi connectivity index (χ1v) is 5.24. The van der Waals surface area contributed by atoms with Crippen molar-refractivity contribution in [2.24, 2.45) is 0 Å². The van der Waals surface area contributed by atoms with Crippen LogP contribution in [0.25, 0.3) is 0 Å². The molecule has 0 radical (unpaired) electrons. The number of rotatable bonds is 5. The van der Waals surface area contributed by atoms with Crippen LogP contribution in [0.3, 0.4) is 0 Å². The highest BCUT2D eigenvalue weighted by atomic mass is 19.1. The van der Waals surface area contributed by atoms with Crippen molar-refractivity contribution in [2.75, 3.05) is 11.4 Å². The predicted octanol–water partition coefficient (Wildman–Crippen LogP) is 2.03. The lowest BCUT2D eigenvalue weighted by Crippen LogP contribution is -2.35. The van der Waals surface area contributed by atoms with Gasteiger partial charge >= 0.3 is 5.97 Å². The second kappa shape index (κ2) is 5.44. The van der Waals surface area contributed by atoms with Gasteiger partial charge in [0.2, 0.25) is 0 Å². The van der Waals surface area contributed by atoms with E-state index in [9.17, 15) is 19.3 Å². The third-order valence-electron chi connectivity index (χ3n) is 2.34. The number of anilines is 1. The second-order valence-electron chi connectivity index (χ2n) is 4.04. The highest BCUT2D eigenvalue weighted by molar-refractivity contribution is 5.74. The van der Waals surface area contributed by atoms with Crippen LogP contribution < -0.4 is 4.90 Å². The molecule has 0 heterocycles. The number of aliphatic carboxylic acids is 1. The summed E-state index contributed by atoms with van der Waals surface area (Å²) in [6, 6.07) is 2.81. The van der Waals surface area contributed by atoms with Crippen LogP contribution in [0.15, 0.2) is 18.2 Å². The van der Waals surface area contributed by atoms with Gasteiger partial charge in [0.15, 0.2) is 0 Å².